The van der Waals surface area contributed by atoms with Gasteiger partial charge in [-0.25, -0.2) is 0 Å². The molecule has 2 aromatic rings. The second kappa shape index (κ2) is 7.81. The lowest BCUT2D eigenvalue weighted by molar-refractivity contribution is 0.272. The van der Waals surface area contributed by atoms with Crippen molar-refractivity contribution in [1.29, 1.82) is 0 Å². The van der Waals surface area contributed by atoms with E-state index in [1.165, 1.54) is 11.1 Å². The molecule has 0 amide bonds. The van der Waals surface area contributed by atoms with Crippen molar-refractivity contribution in [3.63, 3.8) is 0 Å². The van der Waals surface area contributed by atoms with Crippen molar-refractivity contribution in [2.24, 2.45) is 0 Å². The van der Waals surface area contributed by atoms with Gasteiger partial charge in [-0.1, -0.05) is 42.0 Å². The van der Waals surface area contributed by atoms with Gasteiger partial charge in [0.25, 0.3) is 0 Å². The molecular formula is C18H23NO2. The molecule has 0 aliphatic carbocycles. The summed E-state index contributed by atoms with van der Waals surface area (Å²) in [5.41, 5.74) is 3.38. The maximum atomic E-state index is 9.01. The molecule has 0 bridgehead atoms. The first-order valence-electron chi connectivity index (χ1n) is 7.29. The molecule has 2 N–H and O–H groups in total. The molecule has 0 spiro atoms. The number of aliphatic hydroxyl groups excluding tert-OH is 1. The summed E-state index contributed by atoms with van der Waals surface area (Å²) in [6.45, 7) is 5.70. The van der Waals surface area contributed by atoms with Crippen LogP contribution in [0.4, 0.5) is 0 Å². The standard InChI is InChI=1S/C18H23NO2/c1-14-3-9-18(10-4-14)21-13-15(2)19-11-16-5-7-17(12-20)8-6-16/h3-10,15,19-20H,11-13H2,1-2H3. The number of hydrogen-bond acceptors (Lipinski definition) is 3. The molecule has 21 heavy (non-hydrogen) atoms. The van der Waals surface area contributed by atoms with Crippen molar-refractivity contribution < 1.29 is 9.84 Å². The van der Waals surface area contributed by atoms with Gasteiger partial charge >= 0.3 is 0 Å². The lowest BCUT2D eigenvalue weighted by Crippen LogP contribution is -2.31. The molecule has 2 rings (SSSR count). The fourth-order valence-corrected chi connectivity index (χ4v) is 1.97. The van der Waals surface area contributed by atoms with Crippen LogP contribution in [0.3, 0.4) is 0 Å². The van der Waals surface area contributed by atoms with Crippen LogP contribution >= 0.6 is 0 Å². The van der Waals surface area contributed by atoms with E-state index < -0.39 is 0 Å². The second-order valence-electron chi connectivity index (χ2n) is 5.38. The Kier molecular flexibility index (Phi) is 5.78. The van der Waals surface area contributed by atoms with E-state index in [0.717, 1.165) is 17.9 Å². The van der Waals surface area contributed by atoms with Gasteiger partial charge in [-0.05, 0) is 37.1 Å². The van der Waals surface area contributed by atoms with Crippen LogP contribution in [-0.4, -0.2) is 17.8 Å². The zero-order chi connectivity index (χ0) is 15.1. The predicted octanol–water partition coefficient (Wildman–Crippen LogP) is 3.04. The van der Waals surface area contributed by atoms with E-state index in [4.69, 9.17) is 9.84 Å². The van der Waals surface area contributed by atoms with Crippen LogP contribution in [0.1, 0.15) is 23.6 Å². The number of aliphatic hydroxyl groups is 1. The van der Waals surface area contributed by atoms with Crippen LogP contribution in [0, 0.1) is 6.92 Å². The zero-order valence-corrected chi connectivity index (χ0v) is 12.7. The van der Waals surface area contributed by atoms with E-state index in [9.17, 15) is 0 Å². The number of benzene rings is 2. The molecule has 0 heterocycles. The molecule has 0 saturated heterocycles. The molecule has 1 unspecified atom stereocenters. The molecule has 112 valence electrons. The molecule has 3 heteroatoms. The van der Waals surface area contributed by atoms with Crippen LogP contribution in [0.5, 0.6) is 5.75 Å². The third-order valence-corrected chi connectivity index (χ3v) is 3.38. The first kappa shape index (κ1) is 15.5. The number of rotatable bonds is 7. The van der Waals surface area contributed by atoms with E-state index in [0.29, 0.717) is 6.61 Å². The molecule has 1 atom stereocenters. The molecule has 0 aliphatic rings. The lowest BCUT2D eigenvalue weighted by Gasteiger charge is -2.15. The zero-order valence-electron chi connectivity index (χ0n) is 12.7. The first-order valence-corrected chi connectivity index (χ1v) is 7.29. The Balaban J connectivity index is 1.73. The predicted molar refractivity (Wildman–Crippen MR) is 85.3 cm³/mol. The summed E-state index contributed by atoms with van der Waals surface area (Å²) >= 11 is 0. The van der Waals surface area contributed by atoms with Gasteiger partial charge in [0.05, 0.1) is 6.61 Å². The Morgan fingerprint density at radius 1 is 1.00 bits per heavy atom. The van der Waals surface area contributed by atoms with Gasteiger partial charge in [0, 0.05) is 12.6 Å². The molecule has 0 aliphatic heterocycles. The summed E-state index contributed by atoms with van der Waals surface area (Å²) in [6.07, 6.45) is 0. The van der Waals surface area contributed by atoms with Gasteiger partial charge in [-0.2, -0.15) is 0 Å². The largest absolute Gasteiger partial charge is 0.492 e. The lowest BCUT2D eigenvalue weighted by atomic mass is 10.1. The van der Waals surface area contributed by atoms with Gasteiger partial charge in [0.15, 0.2) is 0 Å². The number of nitrogens with one attached hydrogen (secondary N) is 1. The minimum absolute atomic E-state index is 0.0918. The summed E-state index contributed by atoms with van der Waals surface area (Å²) in [4.78, 5) is 0. The van der Waals surface area contributed by atoms with Gasteiger partial charge in [-0.3, -0.25) is 0 Å². The molecule has 0 saturated carbocycles. The minimum Gasteiger partial charge on any atom is -0.492 e. The van der Waals surface area contributed by atoms with Crippen molar-refractivity contribution in [1.82, 2.24) is 5.32 Å². The minimum atomic E-state index is 0.0918. The maximum Gasteiger partial charge on any atom is 0.119 e. The molecular weight excluding hydrogens is 262 g/mol. The summed E-state index contributed by atoms with van der Waals surface area (Å²) < 4.78 is 5.75. The third-order valence-electron chi connectivity index (χ3n) is 3.38. The molecule has 3 nitrogen and oxygen atoms in total. The van der Waals surface area contributed by atoms with E-state index in [2.05, 4.69) is 31.3 Å². The topological polar surface area (TPSA) is 41.5 Å². The quantitative estimate of drug-likeness (QED) is 0.821. The smallest absolute Gasteiger partial charge is 0.119 e. The SMILES string of the molecule is Cc1ccc(OCC(C)NCc2ccc(CO)cc2)cc1. The van der Waals surface area contributed by atoms with Crippen molar-refractivity contribution in [3.8, 4) is 5.75 Å². The Bertz CT molecular complexity index is 534. The van der Waals surface area contributed by atoms with Gasteiger partial charge in [0.1, 0.15) is 12.4 Å². The number of hydrogen-bond donors (Lipinski definition) is 2. The molecule has 0 fully saturated rings. The van der Waals surface area contributed by atoms with Crippen molar-refractivity contribution in [2.45, 2.75) is 33.0 Å². The Hall–Kier alpha value is -1.84. The number of aryl methyl sites for hydroxylation is 1. The summed E-state index contributed by atoms with van der Waals surface area (Å²) in [5.74, 6) is 0.904. The van der Waals surface area contributed by atoms with Crippen molar-refractivity contribution in [2.75, 3.05) is 6.61 Å². The van der Waals surface area contributed by atoms with Gasteiger partial charge in [0.2, 0.25) is 0 Å². The average molecular weight is 285 g/mol. The highest BCUT2D eigenvalue weighted by Gasteiger charge is 2.03. The maximum absolute atomic E-state index is 9.01. The van der Waals surface area contributed by atoms with E-state index in [1.54, 1.807) is 0 Å². The summed E-state index contributed by atoms with van der Waals surface area (Å²) in [5, 5.41) is 12.4. The highest BCUT2D eigenvalue weighted by Crippen LogP contribution is 2.11. The van der Waals surface area contributed by atoms with Crippen LogP contribution < -0.4 is 10.1 Å². The first-order chi connectivity index (χ1) is 10.2. The third kappa shape index (κ3) is 5.21. The van der Waals surface area contributed by atoms with Gasteiger partial charge in [-0.15, -0.1) is 0 Å². The van der Waals surface area contributed by atoms with Crippen LogP contribution in [-0.2, 0) is 13.2 Å². The van der Waals surface area contributed by atoms with Gasteiger partial charge < -0.3 is 15.2 Å². The van der Waals surface area contributed by atoms with Crippen molar-refractivity contribution in [3.05, 3.63) is 65.2 Å². The van der Waals surface area contributed by atoms with Crippen molar-refractivity contribution >= 4 is 0 Å². The summed E-state index contributed by atoms with van der Waals surface area (Å²) in [6, 6.07) is 16.3. The highest BCUT2D eigenvalue weighted by atomic mass is 16.5. The Morgan fingerprint density at radius 2 is 1.62 bits per heavy atom. The highest BCUT2D eigenvalue weighted by molar-refractivity contribution is 5.26. The monoisotopic (exact) mass is 285 g/mol. The second-order valence-corrected chi connectivity index (χ2v) is 5.38. The van der Waals surface area contributed by atoms with E-state index in [1.807, 2.05) is 36.4 Å². The summed E-state index contributed by atoms with van der Waals surface area (Å²) in [7, 11) is 0. The van der Waals surface area contributed by atoms with Crippen LogP contribution in [0.15, 0.2) is 48.5 Å². The normalized spacial score (nSPS) is 12.1. The Morgan fingerprint density at radius 3 is 2.24 bits per heavy atom. The van der Waals surface area contributed by atoms with E-state index >= 15 is 0 Å². The fourth-order valence-electron chi connectivity index (χ4n) is 1.97. The molecule has 0 aromatic heterocycles. The average Bonchev–Trinajstić information content (AvgIpc) is 2.53. The fraction of sp³-hybridized carbons (Fsp3) is 0.333. The Labute approximate surface area is 126 Å². The molecule has 0 radical (unpaired) electrons. The number of ether oxygens (including phenoxy) is 1. The van der Waals surface area contributed by atoms with Crippen LogP contribution in [0.2, 0.25) is 0 Å². The molecule has 2 aromatic carbocycles. The van der Waals surface area contributed by atoms with Crippen LogP contribution in [0.25, 0.3) is 0 Å². The van der Waals surface area contributed by atoms with E-state index in [-0.39, 0.29) is 12.6 Å².